The average molecular weight is 328 g/mol. The third-order valence-electron chi connectivity index (χ3n) is 5.28. The molecule has 1 amide bonds. The molecule has 0 bridgehead atoms. The van der Waals surface area contributed by atoms with Crippen LogP contribution >= 0.6 is 0 Å². The Morgan fingerprint density at radius 1 is 1.08 bits per heavy atom. The average Bonchev–Trinajstić information content (AvgIpc) is 2.50. The zero-order valence-corrected chi connectivity index (χ0v) is 16.1. The van der Waals surface area contributed by atoms with Crippen molar-refractivity contribution in [2.75, 3.05) is 0 Å². The summed E-state index contributed by atoms with van der Waals surface area (Å²) in [7, 11) is 0. The molecule has 0 spiro atoms. The summed E-state index contributed by atoms with van der Waals surface area (Å²) in [4.78, 5) is 12.5. The molecular formula is C22H33NO. The molecule has 1 aliphatic rings. The number of benzene rings is 1. The summed E-state index contributed by atoms with van der Waals surface area (Å²) < 4.78 is 0. The summed E-state index contributed by atoms with van der Waals surface area (Å²) in [5.74, 6) is 1.31. The van der Waals surface area contributed by atoms with E-state index in [0.717, 1.165) is 12.0 Å². The minimum Gasteiger partial charge on any atom is -0.349 e. The van der Waals surface area contributed by atoms with Gasteiger partial charge in [-0.3, -0.25) is 4.79 Å². The second-order valence-corrected chi connectivity index (χ2v) is 8.62. The quantitative estimate of drug-likeness (QED) is 0.759. The summed E-state index contributed by atoms with van der Waals surface area (Å²) in [6.07, 6.45) is 5.86. The number of carbonyl (C=O) groups excluding carboxylic acids is 1. The van der Waals surface area contributed by atoms with E-state index in [1.165, 1.54) is 24.0 Å². The van der Waals surface area contributed by atoms with Crippen LogP contribution in [0.4, 0.5) is 0 Å². The highest BCUT2D eigenvalue weighted by Gasteiger charge is 2.28. The second-order valence-electron chi connectivity index (χ2n) is 8.62. The Bertz CT molecular complexity index is 591. The van der Waals surface area contributed by atoms with Crippen molar-refractivity contribution in [2.24, 2.45) is 17.3 Å². The molecule has 3 atom stereocenters. The van der Waals surface area contributed by atoms with Crippen molar-refractivity contribution in [3.8, 4) is 0 Å². The van der Waals surface area contributed by atoms with Gasteiger partial charge in [-0.2, -0.15) is 0 Å². The maximum absolute atomic E-state index is 12.5. The van der Waals surface area contributed by atoms with Crippen LogP contribution in [-0.2, 0) is 0 Å². The smallest absolute Gasteiger partial charge is 0.251 e. The van der Waals surface area contributed by atoms with Gasteiger partial charge in [0.05, 0.1) is 0 Å². The van der Waals surface area contributed by atoms with Crippen molar-refractivity contribution in [3.63, 3.8) is 0 Å². The predicted octanol–water partition coefficient (Wildman–Crippen LogP) is 5.69. The van der Waals surface area contributed by atoms with E-state index in [1.54, 1.807) is 0 Å². The van der Waals surface area contributed by atoms with Crippen LogP contribution < -0.4 is 5.32 Å². The highest BCUT2D eigenvalue weighted by Crippen LogP contribution is 2.29. The van der Waals surface area contributed by atoms with Gasteiger partial charge in [0.25, 0.3) is 5.91 Å². The molecule has 24 heavy (non-hydrogen) atoms. The molecule has 0 aliphatic heterocycles. The number of allylic oxidation sites excluding steroid dienone is 2. The van der Waals surface area contributed by atoms with E-state index in [-0.39, 0.29) is 11.3 Å². The molecule has 1 saturated carbocycles. The van der Waals surface area contributed by atoms with Crippen molar-refractivity contribution >= 4 is 11.5 Å². The van der Waals surface area contributed by atoms with Crippen molar-refractivity contribution in [3.05, 3.63) is 41.5 Å². The van der Waals surface area contributed by atoms with Crippen molar-refractivity contribution in [1.29, 1.82) is 0 Å². The highest BCUT2D eigenvalue weighted by atomic mass is 16.1. The molecule has 0 radical (unpaired) electrons. The van der Waals surface area contributed by atoms with E-state index in [4.69, 9.17) is 0 Å². The van der Waals surface area contributed by atoms with E-state index in [1.807, 2.05) is 12.1 Å². The maximum atomic E-state index is 12.5. The molecule has 3 unspecified atom stereocenters. The zero-order valence-electron chi connectivity index (χ0n) is 16.1. The van der Waals surface area contributed by atoms with Crippen molar-refractivity contribution < 1.29 is 4.79 Å². The van der Waals surface area contributed by atoms with Gasteiger partial charge in [0, 0.05) is 11.6 Å². The van der Waals surface area contributed by atoms with Gasteiger partial charge in [0.1, 0.15) is 0 Å². The molecule has 132 valence electrons. The molecule has 0 saturated heterocycles. The summed E-state index contributed by atoms with van der Waals surface area (Å²) in [5.41, 5.74) is 3.35. The van der Waals surface area contributed by atoms with E-state index in [9.17, 15) is 4.79 Å². The fourth-order valence-electron chi connectivity index (χ4n) is 3.65. The van der Waals surface area contributed by atoms with Gasteiger partial charge in [-0.15, -0.1) is 0 Å². The topological polar surface area (TPSA) is 29.1 Å². The Morgan fingerprint density at radius 3 is 2.25 bits per heavy atom. The summed E-state index contributed by atoms with van der Waals surface area (Å²) in [6, 6.07) is 8.31. The lowest BCUT2D eigenvalue weighted by Gasteiger charge is -2.34. The first kappa shape index (κ1) is 18.8. The third kappa shape index (κ3) is 4.96. The second kappa shape index (κ2) is 7.55. The van der Waals surface area contributed by atoms with Gasteiger partial charge in [0.15, 0.2) is 0 Å². The van der Waals surface area contributed by atoms with Crippen LogP contribution in [0.1, 0.15) is 76.7 Å². The molecule has 2 heteroatoms. The molecule has 1 N–H and O–H groups in total. The van der Waals surface area contributed by atoms with E-state index >= 15 is 0 Å². The lowest BCUT2D eigenvalue weighted by atomic mass is 9.78. The number of amides is 1. The fourth-order valence-corrected chi connectivity index (χ4v) is 3.65. The molecule has 2 nitrogen and oxygen atoms in total. The number of carbonyl (C=O) groups is 1. The molecule has 0 heterocycles. The van der Waals surface area contributed by atoms with Crippen LogP contribution in [0.5, 0.6) is 0 Å². The SMILES string of the molecule is C/C(=C\C(C)(C)C)c1ccc(C(=O)NC2CCCC(C)C2C)cc1. The molecule has 1 aromatic carbocycles. The maximum Gasteiger partial charge on any atom is 0.251 e. The largest absolute Gasteiger partial charge is 0.349 e. The van der Waals surface area contributed by atoms with Crippen LogP contribution in [0.15, 0.2) is 30.3 Å². The Balaban J connectivity index is 2.05. The molecule has 0 aromatic heterocycles. The van der Waals surface area contributed by atoms with Crippen LogP contribution in [0, 0.1) is 17.3 Å². The first-order valence-electron chi connectivity index (χ1n) is 9.28. The highest BCUT2D eigenvalue weighted by molar-refractivity contribution is 5.94. The first-order chi connectivity index (χ1) is 11.2. The first-order valence-corrected chi connectivity index (χ1v) is 9.28. The number of nitrogens with one attached hydrogen (secondary N) is 1. The van der Waals surface area contributed by atoms with Gasteiger partial charge < -0.3 is 5.32 Å². The summed E-state index contributed by atoms with van der Waals surface area (Å²) in [5, 5.41) is 3.25. The van der Waals surface area contributed by atoms with Crippen molar-refractivity contribution in [2.45, 2.75) is 66.8 Å². The Kier molecular flexibility index (Phi) is 5.90. The van der Waals surface area contributed by atoms with Crippen molar-refractivity contribution in [1.82, 2.24) is 5.32 Å². The Labute approximate surface area is 147 Å². The molecule has 1 aliphatic carbocycles. The number of rotatable bonds is 3. The van der Waals surface area contributed by atoms with Crippen LogP contribution in [0.2, 0.25) is 0 Å². The number of hydrogen-bond donors (Lipinski definition) is 1. The lowest BCUT2D eigenvalue weighted by Crippen LogP contribution is -2.43. The monoisotopic (exact) mass is 327 g/mol. The predicted molar refractivity (Wildman–Crippen MR) is 103 cm³/mol. The summed E-state index contributed by atoms with van der Waals surface area (Å²) >= 11 is 0. The Hall–Kier alpha value is -1.57. The molecule has 1 fully saturated rings. The Morgan fingerprint density at radius 2 is 1.67 bits per heavy atom. The molecule has 1 aromatic rings. The van der Waals surface area contributed by atoms with Gasteiger partial charge in [0.2, 0.25) is 0 Å². The fraction of sp³-hybridized carbons (Fsp3) is 0.591. The third-order valence-corrected chi connectivity index (χ3v) is 5.28. The van der Waals surface area contributed by atoms with Gasteiger partial charge in [-0.25, -0.2) is 0 Å². The van der Waals surface area contributed by atoms with Crippen LogP contribution in [0.3, 0.4) is 0 Å². The van der Waals surface area contributed by atoms with Gasteiger partial charge in [-0.05, 0) is 53.9 Å². The van der Waals surface area contributed by atoms with E-state index in [2.05, 4.69) is 65.1 Å². The van der Waals surface area contributed by atoms with Crippen LogP contribution in [0.25, 0.3) is 5.57 Å². The lowest BCUT2D eigenvalue weighted by molar-refractivity contribution is 0.0891. The van der Waals surface area contributed by atoms with Crippen LogP contribution in [-0.4, -0.2) is 11.9 Å². The van der Waals surface area contributed by atoms with E-state index in [0.29, 0.717) is 17.9 Å². The molecular weight excluding hydrogens is 294 g/mol. The van der Waals surface area contributed by atoms with E-state index < -0.39 is 0 Å². The summed E-state index contributed by atoms with van der Waals surface area (Å²) in [6.45, 7) is 13.3. The minimum absolute atomic E-state index is 0.0601. The number of hydrogen-bond acceptors (Lipinski definition) is 1. The molecule has 2 rings (SSSR count). The minimum atomic E-state index is 0.0601. The van der Waals surface area contributed by atoms with Gasteiger partial charge in [-0.1, -0.05) is 65.7 Å². The zero-order chi connectivity index (χ0) is 17.9. The standard InChI is InChI=1S/C22H33NO/c1-15-8-7-9-20(17(15)3)23-21(24)19-12-10-18(11-13-19)16(2)14-22(4,5)6/h10-15,17,20H,7-9H2,1-6H3,(H,23,24)/b16-14+. The van der Waals surface area contributed by atoms with Gasteiger partial charge >= 0.3 is 0 Å². The normalized spacial score (nSPS) is 25.4.